The van der Waals surface area contributed by atoms with E-state index in [1.54, 1.807) is 19.1 Å². The third-order valence-corrected chi connectivity index (χ3v) is 3.06. The van der Waals surface area contributed by atoms with Crippen molar-refractivity contribution >= 4 is 0 Å². The quantitative estimate of drug-likeness (QED) is 0.919. The van der Waals surface area contributed by atoms with Gasteiger partial charge in [0.25, 0.3) is 0 Å². The van der Waals surface area contributed by atoms with Crippen molar-refractivity contribution in [2.24, 2.45) is 0 Å². The van der Waals surface area contributed by atoms with Crippen molar-refractivity contribution in [1.82, 2.24) is 4.98 Å². The van der Waals surface area contributed by atoms with Gasteiger partial charge in [-0.1, -0.05) is 13.0 Å². The Kier molecular flexibility index (Phi) is 4.35. The smallest absolute Gasteiger partial charge is 0.166 e. The van der Waals surface area contributed by atoms with E-state index in [0.717, 1.165) is 11.4 Å². The minimum atomic E-state index is -0.703. The molecular weight excluding hydrogens is 257 g/mol. The molecule has 0 aliphatic carbocycles. The molecule has 1 N–H and O–H groups in total. The summed E-state index contributed by atoms with van der Waals surface area (Å²) in [7, 11) is 0. The van der Waals surface area contributed by atoms with Gasteiger partial charge in [0.05, 0.1) is 11.8 Å². The predicted molar refractivity (Wildman–Crippen MR) is 75.5 cm³/mol. The lowest BCUT2D eigenvalue weighted by molar-refractivity contribution is 0.198. The average Bonchev–Trinajstić information content (AvgIpc) is 2.42. The van der Waals surface area contributed by atoms with E-state index in [0.29, 0.717) is 17.7 Å². The van der Waals surface area contributed by atoms with E-state index in [-0.39, 0.29) is 5.75 Å². The molecule has 2 aromatic rings. The van der Waals surface area contributed by atoms with Gasteiger partial charge >= 0.3 is 0 Å². The summed E-state index contributed by atoms with van der Waals surface area (Å²) in [5.74, 6) is 0.197. The molecule has 106 valence electrons. The van der Waals surface area contributed by atoms with Crippen molar-refractivity contribution in [3.8, 4) is 11.5 Å². The van der Waals surface area contributed by atoms with Crippen LogP contribution in [0.15, 0.2) is 30.3 Å². The van der Waals surface area contributed by atoms with E-state index in [4.69, 9.17) is 4.74 Å². The van der Waals surface area contributed by atoms with Gasteiger partial charge < -0.3 is 9.84 Å². The van der Waals surface area contributed by atoms with Crippen LogP contribution >= 0.6 is 0 Å². The molecule has 0 spiro atoms. The first kappa shape index (κ1) is 14.5. The molecule has 1 aromatic carbocycles. The van der Waals surface area contributed by atoms with Gasteiger partial charge in [-0.2, -0.15) is 0 Å². The first-order chi connectivity index (χ1) is 9.51. The van der Waals surface area contributed by atoms with E-state index in [1.165, 1.54) is 12.1 Å². The molecule has 1 aromatic heterocycles. The number of pyridine rings is 1. The second-order valence-corrected chi connectivity index (χ2v) is 4.72. The Bertz CT molecular complexity index is 611. The summed E-state index contributed by atoms with van der Waals surface area (Å²) >= 11 is 0. The zero-order valence-electron chi connectivity index (χ0n) is 11.9. The zero-order valence-corrected chi connectivity index (χ0v) is 11.9. The normalized spacial score (nSPS) is 12.2. The van der Waals surface area contributed by atoms with Crippen molar-refractivity contribution in [3.05, 3.63) is 53.1 Å². The first-order valence-electron chi connectivity index (χ1n) is 6.63. The number of nitrogens with zero attached hydrogens (tertiary/aromatic N) is 1. The van der Waals surface area contributed by atoms with Gasteiger partial charge in [-0.15, -0.1) is 0 Å². The number of benzene rings is 1. The number of hydrogen-bond acceptors (Lipinski definition) is 3. The summed E-state index contributed by atoms with van der Waals surface area (Å²) < 4.78 is 19.6. The summed E-state index contributed by atoms with van der Waals surface area (Å²) in [6, 6.07) is 8.08. The topological polar surface area (TPSA) is 42.4 Å². The molecular formula is C16H18FNO2. The molecule has 4 heteroatoms. The van der Waals surface area contributed by atoms with Crippen LogP contribution in [-0.2, 0) is 6.42 Å². The van der Waals surface area contributed by atoms with Gasteiger partial charge in [0.1, 0.15) is 5.75 Å². The molecule has 1 unspecified atom stereocenters. The van der Waals surface area contributed by atoms with E-state index >= 15 is 0 Å². The highest BCUT2D eigenvalue weighted by Gasteiger charge is 2.11. The summed E-state index contributed by atoms with van der Waals surface area (Å²) in [6.07, 6.45) is 0.00972. The monoisotopic (exact) mass is 275 g/mol. The van der Waals surface area contributed by atoms with Gasteiger partial charge in [-0.25, -0.2) is 4.39 Å². The SMILES string of the molecule is CCc1nc(C)ccc1Oc1ccc(C(C)O)cc1F. The Balaban J connectivity index is 2.30. The molecule has 1 atom stereocenters. The van der Waals surface area contributed by atoms with Crippen LogP contribution in [0.4, 0.5) is 4.39 Å². The summed E-state index contributed by atoms with van der Waals surface area (Å²) in [5, 5.41) is 9.42. The molecule has 20 heavy (non-hydrogen) atoms. The highest BCUT2D eigenvalue weighted by atomic mass is 19.1. The van der Waals surface area contributed by atoms with Gasteiger partial charge in [0.2, 0.25) is 0 Å². The van der Waals surface area contributed by atoms with Crippen molar-refractivity contribution in [3.63, 3.8) is 0 Å². The van der Waals surface area contributed by atoms with Gasteiger partial charge in [-0.3, -0.25) is 4.98 Å². The fraction of sp³-hybridized carbons (Fsp3) is 0.312. The molecule has 0 bridgehead atoms. The molecule has 2 rings (SSSR count). The summed E-state index contributed by atoms with van der Waals surface area (Å²) in [5.41, 5.74) is 2.22. The minimum absolute atomic E-state index is 0.134. The van der Waals surface area contributed by atoms with Crippen molar-refractivity contribution in [2.45, 2.75) is 33.3 Å². The largest absolute Gasteiger partial charge is 0.452 e. The molecule has 0 saturated carbocycles. The number of hydrogen-bond donors (Lipinski definition) is 1. The molecule has 0 radical (unpaired) electrons. The third-order valence-electron chi connectivity index (χ3n) is 3.06. The highest BCUT2D eigenvalue weighted by Crippen LogP contribution is 2.29. The molecule has 3 nitrogen and oxygen atoms in total. The van der Waals surface area contributed by atoms with Crippen LogP contribution in [0.3, 0.4) is 0 Å². The molecule has 0 amide bonds. The van der Waals surface area contributed by atoms with Crippen LogP contribution in [0.1, 0.15) is 36.9 Å². The number of aliphatic hydroxyl groups excluding tert-OH is 1. The summed E-state index contributed by atoms with van der Waals surface area (Å²) in [6.45, 7) is 5.47. The number of aliphatic hydroxyl groups is 1. The fourth-order valence-corrected chi connectivity index (χ4v) is 1.92. The predicted octanol–water partition coefficient (Wildman–Crippen LogP) is 3.94. The zero-order chi connectivity index (χ0) is 14.7. The first-order valence-corrected chi connectivity index (χ1v) is 6.63. The maximum atomic E-state index is 14.0. The average molecular weight is 275 g/mol. The molecule has 1 heterocycles. The lowest BCUT2D eigenvalue weighted by Gasteiger charge is -2.12. The second kappa shape index (κ2) is 6.01. The van der Waals surface area contributed by atoms with Gasteiger partial charge in [0, 0.05) is 5.69 Å². The maximum Gasteiger partial charge on any atom is 0.166 e. The standard InChI is InChI=1S/C16H18FNO2/c1-4-14-16(7-5-10(2)18-14)20-15-8-6-12(11(3)19)9-13(15)17/h5-9,11,19H,4H2,1-3H3. The van der Waals surface area contributed by atoms with E-state index < -0.39 is 11.9 Å². The molecule has 0 aliphatic heterocycles. The van der Waals surface area contributed by atoms with E-state index in [9.17, 15) is 9.50 Å². The number of aromatic nitrogens is 1. The second-order valence-electron chi connectivity index (χ2n) is 4.72. The van der Waals surface area contributed by atoms with E-state index in [1.807, 2.05) is 19.9 Å². The fourth-order valence-electron chi connectivity index (χ4n) is 1.92. The van der Waals surface area contributed by atoms with Crippen LogP contribution in [0.25, 0.3) is 0 Å². The Morgan fingerprint density at radius 3 is 2.55 bits per heavy atom. The molecule has 0 saturated heterocycles. The van der Waals surface area contributed by atoms with Crippen LogP contribution < -0.4 is 4.74 Å². The van der Waals surface area contributed by atoms with Crippen LogP contribution in [0.2, 0.25) is 0 Å². The van der Waals surface area contributed by atoms with Crippen molar-refractivity contribution < 1.29 is 14.2 Å². The molecule has 0 aliphatic rings. The Morgan fingerprint density at radius 1 is 1.25 bits per heavy atom. The summed E-state index contributed by atoms with van der Waals surface area (Å²) in [4.78, 5) is 4.38. The maximum absolute atomic E-state index is 14.0. The van der Waals surface area contributed by atoms with Crippen molar-refractivity contribution in [2.75, 3.05) is 0 Å². The number of ether oxygens (including phenoxy) is 1. The van der Waals surface area contributed by atoms with Gasteiger partial charge in [-0.05, 0) is 50.1 Å². The lowest BCUT2D eigenvalue weighted by atomic mass is 10.1. The van der Waals surface area contributed by atoms with Crippen LogP contribution in [-0.4, -0.2) is 10.1 Å². The van der Waals surface area contributed by atoms with E-state index in [2.05, 4.69) is 4.98 Å². The number of rotatable bonds is 4. The Hall–Kier alpha value is -1.94. The minimum Gasteiger partial charge on any atom is -0.452 e. The highest BCUT2D eigenvalue weighted by molar-refractivity contribution is 5.37. The van der Waals surface area contributed by atoms with Gasteiger partial charge in [0.15, 0.2) is 11.6 Å². The Morgan fingerprint density at radius 2 is 1.95 bits per heavy atom. The number of aryl methyl sites for hydroxylation is 2. The number of halogens is 1. The van der Waals surface area contributed by atoms with Crippen molar-refractivity contribution in [1.29, 1.82) is 0 Å². The Labute approximate surface area is 118 Å². The third kappa shape index (κ3) is 3.14. The molecule has 0 fully saturated rings. The lowest BCUT2D eigenvalue weighted by Crippen LogP contribution is -1.98. The van der Waals surface area contributed by atoms with Crippen LogP contribution in [0.5, 0.6) is 11.5 Å². The van der Waals surface area contributed by atoms with Crippen LogP contribution in [0, 0.1) is 12.7 Å².